The van der Waals surface area contributed by atoms with Crippen LogP contribution in [-0.2, 0) is 0 Å². The van der Waals surface area contributed by atoms with Crippen LogP contribution < -0.4 is 19.5 Å². The van der Waals surface area contributed by atoms with Gasteiger partial charge < -0.3 is 19.5 Å². The number of hydrogen-bond acceptors (Lipinski definition) is 4. The number of methoxy groups -OCH3 is 3. The molecule has 0 bridgehead atoms. The highest BCUT2D eigenvalue weighted by molar-refractivity contribution is 5.51. The van der Waals surface area contributed by atoms with Gasteiger partial charge in [0.15, 0.2) is 11.5 Å². The van der Waals surface area contributed by atoms with Crippen LogP contribution >= 0.6 is 0 Å². The predicted octanol–water partition coefficient (Wildman–Crippen LogP) is 3.41. The third-order valence-electron chi connectivity index (χ3n) is 3.49. The average Bonchev–Trinajstić information content (AvgIpc) is 2.46. The van der Waals surface area contributed by atoms with Crippen molar-refractivity contribution in [2.75, 3.05) is 28.4 Å². The smallest absolute Gasteiger partial charge is 0.164 e. The van der Waals surface area contributed by atoms with E-state index in [1.54, 1.807) is 21.3 Å². The number of nitrogens with one attached hydrogen (secondary N) is 1. The summed E-state index contributed by atoms with van der Waals surface area (Å²) in [7, 11) is 6.93. The minimum Gasteiger partial charge on any atom is -0.496 e. The van der Waals surface area contributed by atoms with Crippen molar-refractivity contribution in [3.05, 3.63) is 17.7 Å². The molecule has 0 amide bonds. The lowest BCUT2D eigenvalue weighted by Gasteiger charge is -2.22. The molecule has 0 aliphatic heterocycles. The van der Waals surface area contributed by atoms with Gasteiger partial charge in [0, 0.05) is 17.7 Å². The molecule has 0 fully saturated rings. The second-order valence-corrected chi connectivity index (χ2v) is 5.26. The van der Waals surface area contributed by atoms with Crippen molar-refractivity contribution >= 4 is 0 Å². The molecule has 1 atom stereocenters. The summed E-state index contributed by atoms with van der Waals surface area (Å²) in [6.45, 7) is 4.47. The Morgan fingerprint density at radius 2 is 1.45 bits per heavy atom. The molecule has 1 N–H and O–H groups in total. The molecular weight excluding hydrogens is 254 g/mol. The molecule has 0 spiro atoms. The maximum atomic E-state index is 5.50. The molecule has 0 saturated carbocycles. The molecule has 0 radical (unpaired) electrons. The first-order valence-electron chi connectivity index (χ1n) is 7.04. The maximum absolute atomic E-state index is 5.50. The van der Waals surface area contributed by atoms with Gasteiger partial charge in [-0.15, -0.1) is 0 Å². The van der Waals surface area contributed by atoms with Gasteiger partial charge in [0.05, 0.1) is 21.3 Å². The zero-order valence-corrected chi connectivity index (χ0v) is 13.4. The van der Waals surface area contributed by atoms with E-state index in [1.165, 1.54) is 0 Å². The molecule has 1 rings (SSSR count). The van der Waals surface area contributed by atoms with E-state index in [0.29, 0.717) is 11.7 Å². The van der Waals surface area contributed by atoms with Crippen molar-refractivity contribution in [1.82, 2.24) is 5.32 Å². The van der Waals surface area contributed by atoms with Gasteiger partial charge >= 0.3 is 0 Å². The fraction of sp³-hybridized carbons (Fsp3) is 0.625. The third kappa shape index (κ3) is 4.04. The summed E-state index contributed by atoms with van der Waals surface area (Å²) >= 11 is 0. The number of ether oxygens (including phenoxy) is 3. The van der Waals surface area contributed by atoms with Gasteiger partial charge in [-0.2, -0.15) is 0 Å². The molecule has 20 heavy (non-hydrogen) atoms. The van der Waals surface area contributed by atoms with Gasteiger partial charge in [-0.3, -0.25) is 0 Å². The molecule has 4 nitrogen and oxygen atoms in total. The normalized spacial score (nSPS) is 12.3. The maximum Gasteiger partial charge on any atom is 0.164 e. The van der Waals surface area contributed by atoms with E-state index >= 15 is 0 Å². The van der Waals surface area contributed by atoms with Gasteiger partial charge in [-0.05, 0) is 31.9 Å². The summed E-state index contributed by atoms with van der Waals surface area (Å²) < 4.78 is 16.2. The first kappa shape index (κ1) is 16.6. The Labute approximate surface area is 122 Å². The SMILES string of the molecule is CNC(CCC(C)C)c1cc(OC)c(OC)cc1OC. The summed E-state index contributed by atoms with van der Waals surface area (Å²) in [5, 5.41) is 3.36. The first-order valence-corrected chi connectivity index (χ1v) is 7.04. The van der Waals surface area contributed by atoms with Crippen LogP contribution in [0, 0.1) is 5.92 Å². The van der Waals surface area contributed by atoms with Crippen LogP contribution in [0.5, 0.6) is 17.2 Å². The molecular formula is C16H27NO3. The number of hydrogen-bond donors (Lipinski definition) is 1. The zero-order valence-electron chi connectivity index (χ0n) is 13.4. The topological polar surface area (TPSA) is 39.7 Å². The van der Waals surface area contributed by atoms with Crippen molar-refractivity contribution < 1.29 is 14.2 Å². The van der Waals surface area contributed by atoms with Gasteiger partial charge in [-0.1, -0.05) is 13.8 Å². The standard InChI is InChI=1S/C16H27NO3/c1-11(2)7-8-13(17-3)12-9-15(19-5)16(20-6)10-14(12)18-4/h9-11,13,17H,7-8H2,1-6H3. The average molecular weight is 281 g/mol. The van der Waals surface area contributed by atoms with Crippen LogP contribution in [-0.4, -0.2) is 28.4 Å². The molecule has 0 aromatic heterocycles. The lowest BCUT2D eigenvalue weighted by molar-refractivity contribution is 0.344. The molecule has 4 heteroatoms. The van der Waals surface area contributed by atoms with Crippen LogP contribution in [0.4, 0.5) is 0 Å². The molecule has 0 aliphatic carbocycles. The van der Waals surface area contributed by atoms with Gasteiger partial charge in [0.1, 0.15) is 5.75 Å². The predicted molar refractivity (Wildman–Crippen MR) is 82.0 cm³/mol. The molecule has 1 aromatic rings. The molecule has 1 unspecified atom stereocenters. The Morgan fingerprint density at radius 3 is 1.90 bits per heavy atom. The summed E-state index contributed by atoms with van der Waals surface area (Å²) in [6.07, 6.45) is 2.21. The zero-order chi connectivity index (χ0) is 15.1. The second-order valence-electron chi connectivity index (χ2n) is 5.26. The van der Waals surface area contributed by atoms with E-state index in [4.69, 9.17) is 14.2 Å². The third-order valence-corrected chi connectivity index (χ3v) is 3.49. The highest BCUT2D eigenvalue weighted by atomic mass is 16.5. The van der Waals surface area contributed by atoms with Crippen molar-refractivity contribution in [3.8, 4) is 17.2 Å². The Balaban J connectivity index is 3.12. The van der Waals surface area contributed by atoms with E-state index < -0.39 is 0 Å². The molecule has 0 heterocycles. The second kappa shape index (κ2) is 8.00. The van der Waals surface area contributed by atoms with Gasteiger partial charge in [0.2, 0.25) is 0 Å². The largest absolute Gasteiger partial charge is 0.496 e. The molecule has 114 valence electrons. The Hall–Kier alpha value is -1.42. The molecule has 0 aliphatic rings. The fourth-order valence-corrected chi connectivity index (χ4v) is 2.28. The fourth-order valence-electron chi connectivity index (χ4n) is 2.28. The monoisotopic (exact) mass is 281 g/mol. The Morgan fingerprint density at radius 1 is 0.900 bits per heavy atom. The minimum absolute atomic E-state index is 0.243. The van der Waals surface area contributed by atoms with Gasteiger partial charge in [-0.25, -0.2) is 0 Å². The minimum atomic E-state index is 0.243. The summed E-state index contributed by atoms with van der Waals surface area (Å²) in [5.41, 5.74) is 1.10. The number of benzene rings is 1. The highest BCUT2D eigenvalue weighted by Gasteiger charge is 2.19. The van der Waals surface area contributed by atoms with E-state index in [0.717, 1.165) is 29.9 Å². The first-order chi connectivity index (χ1) is 9.57. The lowest BCUT2D eigenvalue weighted by atomic mass is 9.96. The quantitative estimate of drug-likeness (QED) is 0.792. The number of rotatable bonds is 8. The summed E-state index contributed by atoms with van der Waals surface area (Å²) in [4.78, 5) is 0. The molecule has 1 aromatic carbocycles. The van der Waals surface area contributed by atoms with E-state index in [9.17, 15) is 0 Å². The van der Waals surface area contributed by atoms with Crippen molar-refractivity contribution in [1.29, 1.82) is 0 Å². The lowest BCUT2D eigenvalue weighted by Crippen LogP contribution is -2.18. The van der Waals surface area contributed by atoms with Crippen molar-refractivity contribution in [3.63, 3.8) is 0 Å². The van der Waals surface area contributed by atoms with E-state index in [2.05, 4.69) is 19.2 Å². The Kier molecular flexibility index (Phi) is 6.65. The van der Waals surface area contributed by atoms with E-state index in [-0.39, 0.29) is 6.04 Å². The van der Waals surface area contributed by atoms with E-state index in [1.807, 2.05) is 19.2 Å². The van der Waals surface area contributed by atoms with Crippen LogP contribution in [0.25, 0.3) is 0 Å². The summed E-state index contributed by atoms with van der Waals surface area (Å²) in [5.74, 6) is 2.92. The highest BCUT2D eigenvalue weighted by Crippen LogP contribution is 2.38. The van der Waals surface area contributed by atoms with Crippen molar-refractivity contribution in [2.45, 2.75) is 32.7 Å². The summed E-state index contributed by atoms with van der Waals surface area (Å²) in [6, 6.07) is 4.12. The van der Waals surface area contributed by atoms with Crippen LogP contribution in [0.15, 0.2) is 12.1 Å². The van der Waals surface area contributed by atoms with Crippen LogP contribution in [0.2, 0.25) is 0 Å². The van der Waals surface area contributed by atoms with Crippen LogP contribution in [0.1, 0.15) is 38.3 Å². The van der Waals surface area contributed by atoms with Gasteiger partial charge in [0.25, 0.3) is 0 Å². The van der Waals surface area contributed by atoms with Crippen molar-refractivity contribution in [2.24, 2.45) is 5.92 Å². The van der Waals surface area contributed by atoms with Crippen LogP contribution in [0.3, 0.4) is 0 Å². The Bertz CT molecular complexity index is 418. The molecule has 0 saturated heterocycles.